The molecule has 4 nitrogen and oxygen atoms in total. The molecule has 1 aliphatic heterocycles. The van der Waals surface area contributed by atoms with Crippen LogP contribution in [0.1, 0.15) is 38.7 Å². The third-order valence-electron chi connectivity index (χ3n) is 7.46. The summed E-state index contributed by atoms with van der Waals surface area (Å²) in [7, 11) is 0. The van der Waals surface area contributed by atoms with Crippen molar-refractivity contribution < 1.29 is 13.9 Å². The van der Waals surface area contributed by atoms with Crippen molar-refractivity contribution in [3.63, 3.8) is 0 Å². The first-order valence-electron chi connectivity index (χ1n) is 13.1. The molecule has 0 radical (unpaired) electrons. The normalized spacial score (nSPS) is 15.9. The van der Waals surface area contributed by atoms with Gasteiger partial charge in [-0.15, -0.1) is 0 Å². The monoisotopic (exact) mass is 488 g/mol. The maximum atomic E-state index is 13.2. The van der Waals surface area contributed by atoms with E-state index in [9.17, 15) is 9.18 Å². The van der Waals surface area contributed by atoms with Gasteiger partial charge in [-0.1, -0.05) is 61.5 Å². The SMILES string of the molecule is CCOC(=O)C(CC)(CCCN1CCN(c2ccc(-c3ccc(F)cc3)cc2)CC1)c1ccccc1. The molecular formula is C31H37FN2O2. The van der Waals surface area contributed by atoms with Crippen LogP contribution in [-0.2, 0) is 14.9 Å². The highest BCUT2D eigenvalue weighted by molar-refractivity contribution is 5.83. The Kier molecular flexibility index (Phi) is 8.76. The van der Waals surface area contributed by atoms with Crippen molar-refractivity contribution in [2.75, 3.05) is 44.2 Å². The zero-order valence-corrected chi connectivity index (χ0v) is 21.5. The van der Waals surface area contributed by atoms with E-state index in [-0.39, 0.29) is 11.8 Å². The molecule has 1 atom stereocenters. The minimum Gasteiger partial charge on any atom is -0.465 e. The third-order valence-corrected chi connectivity index (χ3v) is 7.46. The van der Waals surface area contributed by atoms with Crippen LogP contribution in [0.25, 0.3) is 11.1 Å². The maximum Gasteiger partial charge on any atom is 0.316 e. The summed E-state index contributed by atoms with van der Waals surface area (Å²) in [6.07, 6.45) is 2.48. The Hall–Kier alpha value is -3.18. The van der Waals surface area contributed by atoms with Gasteiger partial charge in [0.15, 0.2) is 0 Å². The second-order valence-electron chi connectivity index (χ2n) is 9.51. The molecule has 1 heterocycles. The van der Waals surface area contributed by atoms with Crippen LogP contribution in [0.5, 0.6) is 0 Å². The Bertz CT molecular complexity index is 1090. The highest BCUT2D eigenvalue weighted by atomic mass is 19.1. The standard InChI is InChI=1S/C31H37FN2O2/c1-3-31(30(35)36-4-2,27-9-6-5-7-10-27)19-8-20-33-21-23-34(24-22-33)29-17-13-26(14-18-29)25-11-15-28(32)16-12-25/h5-7,9-18H,3-4,8,19-24H2,1-2H3. The van der Waals surface area contributed by atoms with Gasteiger partial charge in [-0.05, 0) is 73.7 Å². The van der Waals surface area contributed by atoms with E-state index in [1.54, 1.807) is 0 Å². The molecule has 1 unspecified atom stereocenters. The van der Waals surface area contributed by atoms with Gasteiger partial charge in [-0.2, -0.15) is 0 Å². The Morgan fingerprint density at radius 3 is 2.06 bits per heavy atom. The average Bonchev–Trinajstić information content (AvgIpc) is 2.93. The summed E-state index contributed by atoms with van der Waals surface area (Å²) in [5.41, 5.74) is 3.81. The number of hydrogen-bond donors (Lipinski definition) is 0. The lowest BCUT2D eigenvalue weighted by molar-refractivity contribution is -0.150. The van der Waals surface area contributed by atoms with Crippen LogP contribution in [0.15, 0.2) is 78.9 Å². The zero-order valence-electron chi connectivity index (χ0n) is 21.5. The topological polar surface area (TPSA) is 32.8 Å². The molecule has 3 aromatic carbocycles. The van der Waals surface area contributed by atoms with Crippen LogP contribution in [0.2, 0.25) is 0 Å². The Morgan fingerprint density at radius 1 is 0.861 bits per heavy atom. The maximum absolute atomic E-state index is 13.2. The van der Waals surface area contributed by atoms with Gasteiger partial charge in [0.2, 0.25) is 0 Å². The van der Waals surface area contributed by atoms with Crippen molar-refractivity contribution in [2.45, 2.75) is 38.5 Å². The van der Waals surface area contributed by atoms with Crippen LogP contribution < -0.4 is 4.90 Å². The molecule has 1 saturated heterocycles. The summed E-state index contributed by atoms with van der Waals surface area (Å²) < 4.78 is 18.7. The lowest BCUT2D eigenvalue weighted by atomic mass is 9.74. The Balaban J connectivity index is 1.31. The summed E-state index contributed by atoms with van der Waals surface area (Å²) in [6, 6.07) is 25.3. The molecule has 4 rings (SSSR count). The van der Waals surface area contributed by atoms with E-state index < -0.39 is 5.41 Å². The number of rotatable bonds is 10. The molecule has 0 amide bonds. The number of piperazine rings is 1. The highest BCUT2D eigenvalue weighted by Gasteiger charge is 2.39. The van der Waals surface area contributed by atoms with Gasteiger partial charge in [0, 0.05) is 31.9 Å². The summed E-state index contributed by atoms with van der Waals surface area (Å²) in [6.45, 7) is 9.30. The second kappa shape index (κ2) is 12.2. The first kappa shape index (κ1) is 25.9. The van der Waals surface area contributed by atoms with E-state index in [4.69, 9.17) is 4.74 Å². The lowest BCUT2D eigenvalue weighted by Crippen LogP contribution is -2.47. The fraction of sp³-hybridized carbons (Fsp3) is 0.387. The number of benzene rings is 3. The lowest BCUT2D eigenvalue weighted by Gasteiger charge is -2.37. The molecule has 5 heteroatoms. The van der Waals surface area contributed by atoms with Crippen LogP contribution in [0.3, 0.4) is 0 Å². The zero-order chi connectivity index (χ0) is 25.4. The van der Waals surface area contributed by atoms with E-state index in [1.807, 2.05) is 37.3 Å². The molecule has 0 spiro atoms. The molecule has 3 aromatic rings. The number of anilines is 1. The summed E-state index contributed by atoms with van der Waals surface area (Å²) in [5.74, 6) is -0.317. The van der Waals surface area contributed by atoms with Gasteiger partial charge in [0.25, 0.3) is 0 Å². The number of esters is 1. The van der Waals surface area contributed by atoms with Gasteiger partial charge in [0.1, 0.15) is 5.82 Å². The summed E-state index contributed by atoms with van der Waals surface area (Å²) in [5, 5.41) is 0. The molecule has 0 bridgehead atoms. The number of carbonyl (C=O) groups is 1. The second-order valence-corrected chi connectivity index (χ2v) is 9.51. The van der Waals surface area contributed by atoms with Crippen molar-refractivity contribution in [1.29, 1.82) is 0 Å². The van der Waals surface area contributed by atoms with E-state index in [0.717, 1.165) is 68.7 Å². The molecule has 0 saturated carbocycles. The fourth-order valence-electron chi connectivity index (χ4n) is 5.26. The molecule has 36 heavy (non-hydrogen) atoms. The highest BCUT2D eigenvalue weighted by Crippen LogP contribution is 2.35. The molecule has 1 aliphatic rings. The number of hydrogen-bond acceptors (Lipinski definition) is 4. The smallest absolute Gasteiger partial charge is 0.316 e. The largest absolute Gasteiger partial charge is 0.465 e. The Labute approximate surface area is 214 Å². The van der Waals surface area contributed by atoms with Gasteiger partial charge in [0.05, 0.1) is 12.0 Å². The molecule has 0 aromatic heterocycles. The van der Waals surface area contributed by atoms with E-state index >= 15 is 0 Å². The van der Waals surface area contributed by atoms with Crippen LogP contribution in [0, 0.1) is 5.82 Å². The number of ether oxygens (including phenoxy) is 1. The van der Waals surface area contributed by atoms with E-state index in [1.165, 1.54) is 17.8 Å². The van der Waals surface area contributed by atoms with E-state index in [2.05, 4.69) is 53.1 Å². The fourth-order valence-corrected chi connectivity index (χ4v) is 5.26. The van der Waals surface area contributed by atoms with Gasteiger partial charge < -0.3 is 9.64 Å². The summed E-state index contributed by atoms with van der Waals surface area (Å²) >= 11 is 0. The first-order valence-corrected chi connectivity index (χ1v) is 13.1. The van der Waals surface area contributed by atoms with Gasteiger partial charge in [-0.3, -0.25) is 9.69 Å². The predicted molar refractivity (Wildman–Crippen MR) is 145 cm³/mol. The van der Waals surface area contributed by atoms with Gasteiger partial charge in [-0.25, -0.2) is 4.39 Å². The molecular weight excluding hydrogens is 451 g/mol. The predicted octanol–water partition coefficient (Wildman–Crippen LogP) is 6.31. The minimum absolute atomic E-state index is 0.104. The van der Waals surface area contributed by atoms with Crippen LogP contribution >= 0.6 is 0 Å². The van der Waals surface area contributed by atoms with Gasteiger partial charge >= 0.3 is 5.97 Å². The van der Waals surface area contributed by atoms with Crippen molar-refractivity contribution in [1.82, 2.24) is 4.90 Å². The average molecular weight is 489 g/mol. The van der Waals surface area contributed by atoms with Crippen molar-refractivity contribution in [3.05, 3.63) is 90.2 Å². The first-order chi connectivity index (χ1) is 17.6. The number of carbonyl (C=O) groups excluding carboxylic acids is 1. The van der Waals surface area contributed by atoms with E-state index in [0.29, 0.717) is 6.61 Å². The molecule has 1 fully saturated rings. The Morgan fingerprint density at radius 2 is 1.47 bits per heavy atom. The van der Waals surface area contributed by atoms with Crippen molar-refractivity contribution >= 4 is 11.7 Å². The number of nitrogens with zero attached hydrogens (tertiary/aromatic N) is 2. The third kappa shape index (κ3) is 5.96. The summed E-state index contributed by atoms with van der Waals surface area (Å²) in [4.78, 5) is 18.0. The van der Waals surface area contributed by atoms with Crippen LogP contribution in [-0.4, -0.2) is 50.2 Å². The minimum atomic E-state index is -0.578. The molecule has 0 aliphatic carbocycles. The molecule has 190 valence electrons. The van der Waals surface area contributed by atoms with Crippen molar-refractivity contribution in [2.24, 2.45) is 0 Å². The van der Waals surface area contributed by atoms with Crippen LogP contribution in [0.4, 0.5) is 10.1 Å². The van der Waals surface area contributed by atoms with Crippen molar-refractivity contribution in [3.8, 4) is 11.1 Å². The number of halogens is 1. The molecule has 0 N–H and O–H groups in total. The quantitative estimate of drug-likeness (QED) is 0.313.